The van der Waals surface area contributed by atoms with E-state index in [-0.39, 0.29) is 18.4 Å². The first kappa shape index (κ1) is 20.6. The van der Waals surface area contributed by atoms with Crippen LogP contribution in [0.2, 0.25) is 5.02 Å². The van der Waals surface area contributed by atoms with E-state index in [4.69, 9.17) is 11.6 Å². The van der Waals surface area contributed by atoms with Crippen molar-refractivity contribution in [2.75, 3.05) is 16.8 Å². The minimum Gasteiger partial charge on any atom is -0.339 e. The van der Waals surface area contributed by atoms with Crippen LogP contribution in [0.3, 0.4) is 0 Å². The zero-order valence-electron chi connectivity index (χ0n) is 17.2. The van der Waals surface area contributed by atoms with E-state index >= 15 is 0 Å². The zero-order valence-corrected chi connectivity index (χ0v) is 18.7. The number of amides is 2. The maximum Gasteiger partial charge on any atom is 0.244 e. The third kappa shape index (κ3) is 4.00. The Bertz CT molecular complexity index is 1130. The van der Waals surface area contributed by atoms with Crippen molar-refractivity contribution in [3.63, 3.8) is 0 Å². The van der Waals surface area contributed by atoms with Crippen molar-refractivity contribution in [2.24, 2.45) is 0 Å². The summed E-state index contributed by atoms with van der Waals surface area (Å²) in [6.07, 6.45) is 1.39. The number of anilines is 2. The SMILES string of the molecule is Cc1nc(-c2cc(C)n(CC(=O)Nc3ccc(N4CCCC4=O)c(Cl)c3)c2C)cs1. The molecule has 0 bridgehead atoms. The first-order valence-electron chi connectivity index (χ1n) is 9.82. The average Bonchev–Trinajstić information content (AvgIpc) is 3.38. The lowest BCUT2D eigenvalue weighted by atomic mass is 10.2. The van der Waals surface area contributed by atoms with E-state index in [1.165, 1.54) is 0 Å². The van der Waals surface area contributed by atoms with Crippen LogP contribution in [0.25, 0.3) is 11.3 Å². The standard InChI is InChI=1S/C22H23ClN4O2S/c1-13-9-17(19-12-30-15(3)24-19)14(2)27(13)11-21(28)25-16-6-7-20(18(23)10-16)26-8-4-5-22(26)29/h6-7,9-10,12H,4-5,8,11H2,1-3H3,(H,25,28). The van der Waals surface area contributed by atoms with E-state index in [2.05, 4.69) is 16.4 Å². The number of halogens is 1. The van der Waals surface area contributed by atoms with Crippen LogP contribution in [-0.2, 0) is 16.1 Å². The molecule has 2 amide bonds. The van der Waals surface area contributed by atoms with Crippen molar-refractivity contribution in [1.82, 2.24) is 9.55 Å². The number of rotatable bonds is 5. The number of carbonyl (C=O) groups excluding carboxylic acids is 2. The molecule has 1 saturated heterocycles. The smallest absolute Gasteiger partial charge is 0.244 e. The summed E-state index contributed by atoms with van der Waals surface area (Å²) in [5.74, 6) is -0.0581. The molecular formula is C22H23ClN4O2S. The van der Waals surface area contributed by atoms with Gasteiger partial charge in [-0.2, -0.15) is 0 Å². The fraction of sp³-hybridized carbons (Fsp3) is 0.318. The molecule has 0 atom stereocenters. The van der Waals surface area contributed by atoms with Crippen molar-refractivity contribution in [1.29, 1.82) is 0 Å². The lowest BCUT2D eigenvalue weighted by Gasteiger charge is -2.18. The van der Waals surface area contributed by atoms with Gasteiger partial charge in [-0.1, -0.05) is 11.6 Å². The van der Waals surface area contributed by atoms with Gasteiger partial charge in [-0.3, -0.25) is 9.59 Å². The zero-order chi connectivity index (χ0) is 21.4. The molecule has 1 aromatic carbocycles. The lowest BCUT2D eigenvalue weighted by Crippen LogP contribution is -2.24. The summed E-state index contributed by atoms with van der Waals surface area (Å²) in [5, 5.41) is 6.42. The van der Waals surface area contributed by atoms with Gasteiger partial charge in [0.2, 0.25) is 11.8 Å². The van der Waals surface area contributed by atoms with Crippen molar-refractivity contribution < 1.29 is 9.59 Å². The number of nitrogens with one attached hydrogen (secondary N) is 1. The van der Waals surface area contributed by atoms with Gasteiger partial charge in [0.05, 0.1) is 21.4 Å². The van der Waals surface area contributed by atoms with Gasteiger partial charge in [0.1, 0.15) is 6.54 Å². The Morgan fingerprint density at radius 2 is 2.07 bits per heavy atom. The van der Waals surface area contributed by atoms with Gasteiger partial charge in [-0.25, -0.2) is 4.98 Å². The van der Waals surface area contributed by atoms with E-state index in [9.17, 15) is 9.59 Å². The maximum atomic E-state index is 12.7. The fourth-order valence-corrected chi connectivity index (χ4v) is 4.74. The summed E-state index contributed by atoms with van der Waals surface area (Å²) in [6.45, 7) is 6.85. The second-order valence-corrected chi connectivity index (χ2v) is 8.96. The van der Waals surface area contributed by atoms with Crippen LogP contribution in [0.1, 0.15) is 29.2 Å². The molecule has 3 heterocycles. The van der Waals surface area contributed by atoms with Crippen LogP contribution < -0.4 is 10.2 Å². The number of nitrogens with zero attached hydrogens (tertiary/aromatic N) is 3. The third-order valence-corrected chi connectivity index (χ3v) is 6.44. The van der Waals surface area contributed by atoms with Gasteiger partial charge in [0.15, 0.2) is 0 Å². The normalized spacial score (nSPS) is 13.9. The molecule has 0 saturated carbocycles. The van der Waals surface area contributed by atoms with Gasteiger partial charge in [0.25, 0.3) is 0 Å². The molecule has 8 heteroatoms. The highest BCUT2D eigenvalue weighted by atomic mass is 35.5. The molecule has 0 radical (unpaired) electrons. The molecule has 1 aliphatic heterocycles. The summed E-state index contributed by atoms with van der Waals surface area (Å²) < 4.78 is 1.98. The van der Waals surface area contributed by atoms with E-state index in [0.717, 1.165) is 34.1 Å². The molecule has 1 N–H and O–H groups in total. The van der Waals surface area contributed by atoms with Gasteiger partial charge in [-0.05, 0) is 51.5 Å². The molecule has 3 aromatic rings. The number of carbonyl (C=O) groups is 2. The Balaban J connectivity index is 1.48. The van der Waals surface area contributed by atoms with Crippen LogP contribution in [0.5, 0.6) is 0 Å². The van der Waals surface area contributed by atoms with Crippen molar-refractivity contribution in [3.05, 3.63) is 51.1 Å². The predicted octanol–water partition coefficient (Wildman–Crippen LogP) is 4.96. The molecule has 156 valence electrons. The van der Waals surface area contributed by atoms with Crippen LogP contribution in [-0.4, -0.2) is 27.9 Å². The number of thiazole rings is 1. The minimum absolute atomic E-state index is 0.0818. The fourth-order valence-electron chi connectivity index (χ4n) is 3.84. The monoisotopic (exact) mass is 442 g/mol. The second kappa shape index (κ2) is 8.24. The third-order valence-electron chi connectivity index (χ3n) is 5.37. The van der Waals surface area contributed by atoms with Crippen molar-refractivity contribution in [3.8, 4) is 11.3 Å². The first-order chi connectivity index (χ1) is 14.3. The lowest BCUT2D eigenvalue weighted by molar-refractivity contribution is -0.117. The number of benzene rings is 1. The molecule has 0 unspecified atom stereocenters. The molecule has 2 aromatic heterocycles. The van der Waals surface area contributed by atoms with Crippen LogP contribution in [0.4, 0.5) is 11.4 Å². The average molecular weight is 443 g/mol. The van der Waals surface area contributed by atoms with E-state index < -0.39 is 0 Å². The van der Waals surface area contributed by atoms with Crippen LogP contribution >= 0.6 is 22.9 Å². The molecule has 6 nitrogen and oxygen atoms in total. The number of aryl methyl sites for hydroxylation is 2. The summed E-state index contributed by atoms with van der Waals surface area (Å²) >= 11 is 8.00. The summed E-state index contributed by atoms with van der Waals surface area (Å²) in [4.78, 5) is 30.9. The molecule has 0 spiro atoms. The van der Waals surface area contributed by atoms with Gasteiger partial charge in [-0.15, -0.1) is 11.3 Å². The van der Waals surface area contributed by atoms with Crippen molar-refractivity contribution in [2.45, 2.75) is 40.2 Å². The van der Waals surface area contributed by atoms with Crippen molar-refractivity contribution >= 4 is 46.1 Å². The van der Waals surface area contributed by atoms with Gasteiger partial charge in [0, 0.05) is 41.0 Å². The maximum absolute atomic E-state index is 12.7. The number of aromatic nitrogens is 2. The molecule has 0 aliphatic carbocycles. The molecular weight excluding hydrogens is 420 g/mol. The predicted molar refractivity (Wildman–Crippen MR) is 121 cm³/mol. The molecule has 1 fully saturated rings. The van der Waals surface area contributed by atoms with Gasteiger partial charge < -0.3 is 14.8 Å². The second-order valence-electron chi connectivity index (χ2n) is 7.49. The quantitative estimate of drug-likeness (QED) is 0.607. The topological polar surface area (TPSA) is 67.2 Å². The Labute approximate surface area is 184 Å². The Hall–Kier alpha value is -2.64. The Morgan fingerprint density at radius 1 is 1.27 bits per heavy atom. The number of hydrogen-bond donors (Lipinski definition) is 1. The number of hydrogen-bond acceptors (Lipinski definition) is 4. The first-order valence-corrected chi connectivity index (χ1v) is 11.1. The highest BCUT2D eigenvalue weighted by molar-refractivity contribution is 7.09. The van der Waals surface area contributed by atoms with E-state index in [1.807, 2.05) is 30.7 Å². The molecule has 30 heavy (non-hydrogen) atoms. The molecule has 4 rings (SSSR count). The van der Waals surface area contributed by atoms with Crippen LogP contribution in [0, 0.1) is 20.8 Å². The highest BCUT2D eigenvalue weighted by Gasteiger charge is 2.23. The Morgan fingerprint density at radius 3 is 2.70 bits per heavy atom. The highest BCUT2D eigenvalue weighted by Crippen LogP contribution is 2.32. The van der Waals surface area contributed by atoms with Gasteiger partial charge >= 0.3 is 0 Å². The minimum atomic E-state index is -0.140. The summed E-state index contributed by atoms with van der Waals surface area (Å²) in [7, 11) is 0. The Kier molecular flexibility index (Phi) is 5.66. The largest absolute Gasteiger partial charge is 0.339 e. The van der Waals surface area contributed by atoms with E-state index in [0.29, 0.717) is 29.4 Å². The molecule has 1 aliphatic rings. The van der Waals surface area contributed by atoms with E-state index in [1.54, 1.807) is 34.4 Å². The summed E-state index contributed by atoms with van der Waals surface area (Å²) in [5.41, 5.74) is 5.30. The summed E-state index contributed by atoms with van der Waals surface area (Å²) in [6, 6.07) is 7.33. The van der Waals surface area contributed by atoms with Crippen LogP contribution in [0.15, 0.2) is 29.6 Å².